The van der Waals surface area contributed by atoms with Gasteiger partial charge in [0.15, 0.2) is 5.94 Å². The quantitative estimate of drug-likeness (QED) is 0.384. The largest absolute Gasteiger partial charge is 0.302 e. The van der Waals surface area contributed by atoms with E-state index < -0.39 is 0 Å². The van der Waals surface area contributed by atoms with Gasteiger partial charge in [-0.3, -0.25) is 5.32 Å². The number of likely N-dealkylation sites (N-methyl/N-ethyl adjacent to an activating group) is 1. The van der Waals surface area contributed by atoms with Crippen LogP contribution in [0.3, 0.4) is 0 Å². The van der Waals surface area contributed by atoms with Crippen molar-refractivity contribution in [1.29, 1.82) is 0 Å². The number of hydrogen-bond acceptors (Lipinski definition) is 4. The van der Waals surface area contributed by atoms with E-state index in [1.807, 2.05) is 7.05 Å². The Hall–Kier alpha value is -0.920. The minimum Gasteiger partial charge on any atom is -0.302 e. The molecule has 1 atom stereocenters. The standard InChI is InChI=1S/C7H11N3O/c1-10-4-2-8-7(6-10)9-3-5-11/h7-8H,2,4,6H2,1H3. The van der Waals surface area contributed by atoms with E-state index in [9.17, 15) is 4.79 Å². The van der Waals surface area contributed by atoms with Gasteiger partial charge in [-0.05, 0) is 7.05 Å². The topological polar surface area (TPSA) is 44.7 Å². The van der Waals surface area contributed by atoms with Gasteiger partial charge in [-0.2, -0.15) is 0 Å². The highest BCUT2D eigenvalue weighted by Crippen LogP contribution is 1.94. The highest BCUT2D eigenvalue weighted by molar-refractivity contribution is 5.85. The third-order valence-corrected chi connectivity index (χ3v) is 1.62. The van der Waals surface area contributed by atoms with Crippen LogP contribution in [-0.4, -0.2) is 49.6 Å². The normalized spacial score (nSPS) is 25.4. The summed E-state index contributed by atoms with van der Waals surface area (Å²) in [5, 5.41) is 3.13. The molecule has 1 rings (SSSR count). The lowest BCUT2D eigenvalue weighted by Crippen LogP contribution is -2.47. The number of piperazine rings is 1. The SMILES string of the molecule is CN1CCNC(N=C=C=O)C1. The van der Waals surface area contributed by atoms with Gasteiger partial charge in [-0.1, -0.05) is 0 Å². The number of nitrogens with one attached hydrogen (secondary N) is 1. The molecule has 0 saturated carbocycles. The maximum Gasteiger partial charge on any atom is 0.197 e. The lowest BCUT2D eigenvalue weighted by Gasteiger charge is -2.27. The first-order valence-corrected chi connectivity index (χ1v) is 3.57. The monoisotopic (exact) mass is 153 g/mol. The molecular formula is C7H11N3O. The van der Waals surface area contributed by atoms with Crippen molar-refractivity contribution in [2.45, 2.75) is 6.17 Å². The first-order valence-electron chi connectivity index (χ1n) is 3.57. The van der Waals surface area contributed by atoms with E-state index in [-0.39, 0.29) is 6.17 Å². The summed E-state index contributed by atoms with van der Waals surface area (Å²) in [6.45, 7) is 2.76. The van der Waals surface area contributed by atoms with Crippen molar-refractivity contribution in [1.82, 2.24) is 10.2 Å². The van der Waals surface area contributed by atoms with Crippen molar-refractivity contribution in [3.63, 3.8) is 0 Å². The van der Waals surface area contributed by atoms with Crippen molar-refractivity contribution in [3.05, 3.63) is 0 Å². The molecule has 4 nitrogen and oxygen atoms in total. The Labute approximate surface area is 65.6 Å². The lowest BCUT2D eigenvalue weighted by molar-refractivity contribution is 0.244. The van der Waals surface area contributed by atoms with Crippen LogP contribution in [0.5, 0.6) is 0 Å². The average molecular weight is 153 g/mol. The van der Waals surface area contributed by atoms with Crippen LogP contribution in [0.15, 0.2) is 4.99 Å². The van der Waals surface area contributed by atoms with Crippen molar-refractivity contribution < 1.29 is 4.79 Å². The number of hydrogen-bond donors (Lipinski definition) is 1. The second kappa shape index (κ2) is 4.06. The molecule has 1 saturated heterocycles. The summed E-state index contributed by atoms with van der Waals surface area (Å²) in [7, 11) is 2.02. The van der Waals surface area contributed by atoms with Crippen LogP contribution in [-0.2, 0) is 4.79 Å². The summed E-state index contributed by atoms with van der Waals surface area (Å²) < 4.78 is 0. The zero-order valence-corrected chi connectivity index (χ0v) is 6.50. The predicted molar refractivity (Wildman–Crippen MR) is 42.4 cm³/mol. The number of carbonyl (C=O) groups excluding carboxylic acids is 1. The van der Waals surface area contributed by atoms with Crippen LogP contribution in [0.25, 0.3) is 0 Å². The molecule has 0 spiro atoms. The fraction of sp³-hybridized carbons (Fsp3) is 0.714. The van der Waals surface area contributed by atoms with E-state index in [2.05, 4.69) is 21.1 Å². The Morgan fingerprint density at radius 1 is 1.73 bits per heavy atom. The fourth-order valence-corrected chi connectivity index (χ4v) is 1.06. The Kier molecular flexibility index (Phi) is 3.02. The molecule has 0 aliphatic carbocycles. The molecule has 0 aromatic carbocycles. The smallest absolute Gasteiger partial charge is 0.197 e. The van der Waals surface area contributed by atoms with E-state index >= 15 is 0 Å². The molecule has 1 aliphatic heterocycles. The van der Waals surface area contributed by atoms with Gasteiger partial charge in [0, 0.05) is 19.6 Å². The molecule has 0 aromatic rings. The third kappa shape index (κ3) is 2.66. The molecule has 1 N–H and O–H groups in total. The van der Waals surface area contributed by atoms with Crippen LogP contribution < -0.4 is 5.32 Å². The van der Waals surface area contributed by atoms with Gasteiger partial charge in [0.1, 0.15) is 6.17 Å². The molecule has 0 bridgehead atoms. The van der Waals surface area contributed by atoms with Gasteiger partial charge in [0.25, 0.3) is 0 Å². The third-order valence-electron chi connectivity index (χ3n) is 1.62. The molecule has 0 amide bonds. The first-order chi connectivity index (χ1) is 5.33. The maximum atomic E-state index is 9.76. The Balaban J connectivity index is 2.46. The summed E-state index contributed by atoms with van der Waals surface area (Å²) >= 11 is 0. The summed E-state index contributed by atoms with van der Waals surface area (Å²) in [5.74, 6) is 3.67. The van der Waals surface area contributed by atoms with Crippen LogP contribution in [0.4, 0.5) is 0 Å². The van der Waals surface area contributed by atoms with Gasteiger partial charge in [-0.25, -0.2) is 9.79 Å². The maximum absolute atomic E-state index is 9.76. The van der Waals surface area contributed by atoms with Gasteiger partial charge in [-0.15, -0.1) is 0 Å². The van der Waals surface area contributed by atoms with Crippen molar-refractivity contribution in [3.8, 4) is 0 Å². The summed E-state index contributed by atoms with van der Waals surface area (Å²) in [6, 6.07) is 0. The highest BCUT2D eigenvalue weighted by atomic mass is 16.1. The van der Waals surface area contributed by atoms with Gasteiger partial charge in [0.05, 0.1) is 5.87 Å². The minimum atomic E-state index is 0.00944. The lowest BCUT2D eigenvalue weighted by atomic mass is 10.3. The van der Waals surface area contributed by atoms with Crippen molar-refractivity contribution in [2.24, 2.45) is 4.99 Å². The minimum absolute atomic E-state index is 0.00944. The molecule has 0 radical (unpaired) electrons. The summed E-state index contributed by atoms with van der Waals surface area (Å²) in [5.41, 5.74) is 0. The predicted octanol–water partition coefficient (Wildman–Crippen LogP) is -1.09. The van der Waals surface area contributed by atoms with Gasteiger partial charge in [0.2, 0.25) is 0 Å². The zero-order valence-electron chi connectivity index (χ0n) is 6.50. The second-order valence-electron chi connectivity index (χ2n) is 2.58. The second-order valence-corrected chi connectivity index (χ2v) is 2.58. The van der Waals surface area contributed by atoms with Crippen molar-refractivity contribution >= 4 is 11.8 Å². The van der Waals surface area contributed by atoms with Gasteiger partial charge < -0.3 is 4.90 Å². The molecule has 1 unspecified atom stereocenters. The Morgan fingerprint density at radius 2 is 2.55 bits per heavy atom. The first kappa shape index (κ1) is 8.18. The highest BCUT2D eigenvalue weighted by Gasteiger charge is 2.13. The zero-order chi connectivity index (χ0) is 8.10. The molecule has 1 fully saturated rings. The number of aliphatic imine (C=N–C) groups is 1. The van der Waals surface area contributed by atoms with Crippen molar-refractivity contribution in [2.75, 3.05) is 26.7 Å². The fourth-order valence-electron chi connectivity index (χ4n) is 1.06. The Morgan fingerprint density at radius 3 is 3.18 bits per heavy atom. The average Bonchev–Trinajstić information content (AvgIpc) is 2.01. The van der Waals surface area contributed by atoms with E-state index in [4.69, 9.17) is 0 Å². The van der Waals surface area contributed by atoms with E-state index in [1.165, 1.54) is 5.94 Å². The van der Waals surface area contributed by atoms with E-state index in [0.717, 1.165) is 19.6 Å². The molecule has 1 heterocycles. The number of nitrogens with zero attached hydrogens (tertiary/aromatic N) is 2. The molecular weight excluding hydrogens is 142 g/mol. The Bertz CT molecular complexity index is 204. The van der Waals surface area contributed by atoms with Crippen LogP contribution in [0.2, 0.25) is 0 Å². The number of rotatable bonds is 1. The van der Waals surface area contributed by atoms with E-state index in [0.29, 0.717) is 0 Å². The molecule has 1 aliphatic rings. The molecule has 0 aromatic heterocycles. The van der Waals surface area contributed by atoms with Crippen LogP contribution in [0.1, 0.15) is 0 Å². The summed E-state index contributed by atoms with van der Waals surface area (Å²) in [6.07, 6.45) is 0.00944. The molecule has 11 heavy (non-hydrogen) atoms. The van der Waals surface area contributed by atoms with Crippen LogP contribution >= 0.6 is 0 Å². The van der Waals surface area contributed by atoms with Crippen LogP contribution in [0, 0.1) is 0 Å². The summed E-state index contributed by atoms with van der Waals surface area (Å²) in [4.78, 5) is 15.7. The molecule has 4 heteroatoms. The van der Waals surface area contributed by atoms with E-state index in [1.54, 1.807) is 0 Å². The van der Waals surface area contributed by atoms with Gasteiger partial charge >= 0.3 is 0 Å². The molecule has 60 valence electrons.